The van der Waals surface area contributed by atoms with E-state index in [1.807, 2.05) is 19.1 Å². The summed E-state index contributed by atoms with van der Waals surface area (Å²) in [4.78, 5) is 63.6. The molecule has 1 saturated heterocycles. The molecule has 11 heteroatoms. The molecule has 4 rings (SSSR count). The zero-order valence-electron chi connectivity index (χ0n) is 18.4. The minimum absolute atomic E-state index is 0.0350. The molecule has 0 unspecified atom stereocenters. The molecule has 3 amide bonds. The van der Waals surface area contributed by atoms with Crippen LogP contribution in [-0.4, -0.2) is 45.0 Å². The van der Waals surface area contributed by atoms with E-state index in [-0.39, 0.29) is 27.8 Å². The van der Waals surface area contributed by atoms with Crippen molar-refractivity contribution in [2.45, 2.75) is 13.3 Å². The Balaban J connectivity index is 1.72. The van der Waals surface area contributed by atoms with Crippen LogP contribution in [0.25, 0.3) is 0 Å². The highest BCUT2D eigenvalue weighted by atomic mass is 35.5. The third kappa shape index (κ3) is 4.56. The largest absolute Gasteiger partial charge is 0.292 e. The highest BCUT2D eigenvalue weighted by Gasteiger charge is 2.53. The van der Waals surface area contributed by atoms with E-state index in [1.165, 1.54) is 30.3 Å². The van der Waals surface area contributed by atoms with Crippen LogP contribution in [0.15, 0.2) is 54.6 Å². The van der Waals surface area contributed by atoms with E-state index in [0.717, 1.165) is 22.2 Å². The van der Waals surface area contributed by atoms with E-state index in [2.05, 4.69) is 0 Å². The number of benzene rings is 2. The van der Waals surface area contributed by atoms with Crippen molar-refractivity contribution >= 4 is 52.4 Å². The zero-order chi connectivity index (χ0) is 25.4. The predicted molar refractivity (Wildman–Crippen MR) is 127 cm³/mol. The molecule has 0 radical (unpaired) electrons. The molecule has 2 aliphatic rings. The summed E-state index contributed by atoms with van der Waals surface area (Å²) in [5, 5.41) is 12.9. The maximum Gasteiger partial charge on any atom is 0.273 e. The zero-order valence-corrected chi connectivity index (χ0v) is 19.9. The lowest BCUT2D eigenvalue weighted by atomic mass is 9.78. The van der Waals surface area contributed by atoms with Gasteiger partial charge in [0.25, 0.3) is 23.4 Å². The van der Waals surface area contributed by atoms with Crippen LogP contribution in [0.5, 0.6) is 0 Å². The molecular formula is C24H19Cl2N3O6. The monoisotopic (exact) mass is 515 g/mol. The van der Waals surface area contributed by atoms with Crippen LogP contribution in [0, 0.1) is 27.9 Å². The van der Waals surface area contributed by atoms with Crippen molar-refractivity contribution < 1.29 is 24.1 Å². The number of amides is 3. The fourth-order valence-corrected chi connectivity index (χ4v) is 4.93. The summed E-state index contributed by atoms with van der Waals surface area (Å²) >= 11 is 12.1. The van der Waals surface area contributed by atoms with E-state index in [0.29, 0.717) is 11.4 Å². The molecule has 35 heavy (non-hydrogen) atoms. The second kappa shape index (κ2) is 9.59. The van der Waals surface area contributed by atoms with Gasteiger partial charge in [-0.05, 0) is 42.7 Å². The molecule has 9 nitrogen and oxygen atoms in total. The Labute approximate surface area is 210 Å². The fourth-order valence-electron chi connectivity index (χ4n) is 4.41. The quantitative estimate of drug-likeness (QED) is 0.185. The molecule has 0 N–H and O–H groups in total. The molecule has 1 aliphatic heterocycles. The molecule has 0 aromatic heterocycles. The van der Waals surface area contributed by atoms with Crippen LogP contribution >= 0.6 is 23.2 Å². The standard InChI is InChI=1S/C24H19Cl2N3O6/c1-13-3-2-4-18-21(13)24(33)28(23(18)32)27(12-20(30)17-10-7-15(25)11-19(17)26)22(31)14-5-8-16(9-6-14)29(34)35/h2-3,5-11,13,18,21H,4,12H2,1H3/t13-,18-,21+/m1/s1. The molecule has 2 aromatic carbocycles. The van der Waals surface area contributed by atoms with E-state index >= 15 is 0 Å². The number of hydrogen-bond acceptors (Lipinski definition) is 6. The minimum Gasteiger partial charge on any atom is -0.292 e. The van der Waals surface area contributed by atoms with E-state index in [1.54, 1.807) is 0 Å². The van der Waals surface area contributed by atoms with E-state index in [4.69, 9.17) is 23.2 Å². The van der Waals surface area contributed by atoms with E-state index in [9.17, 15) is 29.3 Å². The number of ketones is 1. The first-order valence-corrected chi connectivity index (χ1v) is 11.4. The van der Waals surface area contributed by atoms with Gasteiger partial charge in [0.2, 0.25) is 0 Å². The molecule has 0 saturated carbocycles. The van der Waals surface area contributed by atoms with Crippen molar-refractivity contribution in [2.75, 3.05) is 6.54 Å². The molecule has 2 aromatic rings. The number of fused-ring (bicyclic) bond motifs is 1. The number of Topliss-reactive ketones (excluding diaryl/α,β-unsaturated/α-hetero) is 1. The maximum atomic E-state index is 13.5. The van der Waals surface area contributed by atoms with Gasteiger partial charge in [0.05, 0.1) is 21.8 Å². The van der Waals surface area contributed by atoms with Crippen LogP contribution in [0.3, 0.4) is 0 Å². The number of carbonyl (C=O) groups is 4. The van der Waals surface area contributed by atoms with Gasteiger partial charge in [-0.15, -0.1) is 0 Å². The SMILES string of the molecule is C[C@@H]1C=CC[C@H]2C(=O)N(N(CC(=O)c3ccc(Cl)cc3Cl)C(=O)c3ccc([N+](=O)[O-])cc3)C(=O)[C@@H]12. The highest BCUT2D eigenvalue weighted by Crippen LogP contribution is 2.39. The lowest BCUT2D eigenvalue weighted by Gasteiger charge is -2.30. The van der Waals surface area contributed by atoms with Crippen LogP contribution in [0.1, 0.15) is 34.1 Å². The summed E-state index contributed by atoms with van der Waals surface area (Å²) in [6, 6.07) is 8.88. The molecule has 1 fully saturated rings. The molecule has 1 aliphatic carbocycles. The Morgan fingerprint density at radius 1 is 1.11 bits per heavy atom. The maximum absolute atomic E-state index is 13.5. The minimum atomic E-state index is -0.834. The molecule has 1 heterocycles. The van der Waals surface area contributed by atoms with Gasteiger partial charge in [-0.1, -0.05) is 42.3 Å². The number of nitro benzene ring substituents is 1. The Bertz CT molecular complexity index is 1280. The first kappa shape index (κ1) is 24.6. The predicted octanol–water partition coefficient (Wildman–Crippen LogP) is 4.34. The average molecular weight is 516 g/mol. The second-order valence-corrected chi connectivity index (χ2v) is 9.20. The van der Waals surface area contributed by atoms with Crippen LogP contribution < -0.4 is 0 Å². The second-order valence-electron chi connectivity index (χ2n) is 8.36. The van der Waals surface area contributed by atoms with Crippen molar-refractivity contribution in [3.8, 4) is 0 Å². The molecule has 0 bridgehead atoms. The van der Waals surface area contributed by atoms with Crippen molar-refractivity contribution in [1.82, 2.24) is 10.0 Å². The number of nitrogens with zero attached hydrogens (tertiary/aromatic N) is 3. The van der Waals surface area contributed by atoms with Gasteiger partial charge in [-0.3, -0.25) is 29.3 Å². The van der Waals surface area contributed by atoms with Gasteiger partial charge in [0.15, 0.2) is 5.78 Å². The number of halogens is 2. The Morgan fingerprint density at radius 2 is 1.80 bits per heavy atom. The summed E-state index contributed by atoms with van der Waals surface area (Å²) < 4.78 is 0. The first-order valence-electron chi connectivity index (χ1n) is 10.7. The van der Waals surface area contributed by atoms with E-state index < -0.39 is 46.8 Å². The summed E-state index contributed by atoms with van der Waals surface area (Å²) in [6.07, 6.45) is 4.01. The summed E-state index contributed by atoms with van der Waals surface area (Å²) in [7, 11) is 0. The number of nitro groups is 1. The van der Waals surface area contributed by atoms with Crippen molar-refractivity contribution in [2.24, 2.45) is 17.8 Å². The van der Waals surface area contributed by atoms with Crippen LogP contribution in [0.4, 0.5) is 5.69 Å². The summed E-state index contributed by atoms with van der Waals surface area (Å²) in [5.74, 6) is -4.16. The number of rotatable bonds is 6. The number of allylic oxidation sites excluding steroid dienone is 2. The normalized spacial score (nSPS) is 21.1. The highest BCUT2D eigenvalue weighted by molar-refractivity contribution is 6.37. The summed E-state index contributed by atoms with van der Waals surface area (Å²) in [5.41, 5.74) is -0.215. The number of imide groups is 1. The van der Waals surface area contributed by atoms with Gasteiger partial charge < -0.3 is 0 Å². The summed E-state index contributed by atoms with van der Waals surface area (Å²) in [6.45, 7) is 1.15. The molecule has 3 atom stereocenters. The Morgan fingerprint density at radius 3 is 2.40 bits per heavy atom. The lowest BCUT2D eigenvalue weighted by molar-refractivity contribution is -0.384. The smallest absolute Gasteiger partial charge is 0.273 e. The van der Waals surface area contributed by atoms with Gasteiger partial charge in [-0.25, -0.2) is 5.01 Å². The number of non-ortho nitro benzene ring substituents is 1. The van der Waals surface area contributed by atoms with Gasteiger partial charge in [0, 0.05) is 28.3 Å². The van der Waals surface area contributed by atoms with Crippen LogP contribution in [-0.2, 0) is 9.59 Å². The third-order valence-corrected chi connectivity index (χ3v) is 6.72. The first-order chi connectivity index (χ1) is 16.6. The van der Waals surface area contributed by atoms with Gasteiger partial charge >= 0.3 is 0 Å². The van der Waals surface area contributed by atoms with Gasteiger partial charge in [0.1, 0.15) is 6.54 Å². The van der Waals surface area contributed by atoms with Crippen molar-refractivity contribution in [1.29, 1.82) is 0 Å². The van der Waals surface area contributed by atoms with Crippen molar-refractivity contribution in [3.63, 3.8) is 0 Å². The number of carbonyl (C=O) groups excluding carboxylic acids is 4. The molecular weight excluding hydrogens is 497 g/mol. The Hall–Kier alpha value is -3.56. The third-order valence-electron chi connectivity index (χ3n) is 6.18. The average Bonchev–Trinajstić information content (AvgIpc) is 3.07. The Kier molecular flexibility index (Phi) is 6.73. The molecule has 180 valence electrons. The lowest BCUT2D eigenvalue weighted by Crippen LogP contribution is -2.52. The topological polar surface area (TPSA) is 118 Å². The van der Waals surface area contributed by atoms with Crippen molar-refractivity contribution in [3.05, 3.63) is 85.9 Å². The van der Waals surface area contributed by atoms with Crippen LogP contribution in [0.2, 0.25) is 10.0 Å². The number of hydrogen-bond donors (Lipinski definition) is 0. The number of hydrazine groups is 1. The van der Waals surface area contributed by atoms with Gasteiger partial charge in [-0.2, -0.15) is 5.01 Å². The fraction of sp³-hybridized carbons (Fsp3) is 0.250. The molecule has 0 spiro atoms.